The molecule has 53 heavy (non-hydrogen) atoms. The van der Waals surface area contributed by atoms with Crippen molar-refractivity contribution in [2.45, 2.75) is 0 Å². The van der Waals surface area contributed by atoms with Crippen LogP contribution < -0.4 is 10.2 Å². The number of hydrogen-bond acceptors (Lipinski definition) is 8. The first-order valence-corrected chi connectivity index (χ1v) is 20.4. The zero-order chi connectivity index (χ0) is 37.8. The third-order valence-corrected chi connectivity index (χ3v) is 12.0. The molecule has 2 aromatic heterocycles. The molecule has 6 aromatic rings. The summed E-state index contributed by atoms with van der Waals surface area (Å²) < 4.78 is 15.5. The number of nitrogens with one attached hydrogen (secondary N) is 1. The lowest BCUT2D eigenvalue weighted by Gasteiger charge is -2.29. The van der Waals surface area contributed by atoms with Gasteiger partial charge in [0, 0.05) is 103 Å². The number of carbonyl (C=O) groups is 2. The van der Waals surface area contributed by atoms with Crippen molar-refractivity contribution < 1.29 is 15.4 Å². The number of halogens is 4. The second-order valence-electron chi connectivity index (χ2n) is 12.4. The molecule has 0 spiro atoms. The van der Waals surface area contributed by atoms with Crippen molar-refractivity contribution in [3.8, 4) is 22.3 Å². The number of pyridine rings is 2. The van der Waals surface area contributed by atoms with Gasteiger partial charge in [0.2, 0.25) is 0 Å². The van der Waals surface area contributed by atoms with Gasteiger partial charge < -0.3 is 10.2 Å². The number of alkyl halides is 1. The Morgan fingerprint density at radius 3 is 1.68 bits per heavy atom. The molecule has 12 heteroatoms. The van der Waals surface area contributed by atoms with Crippen LogP contribution in [-0.2, 0) is 0 Å². The van der Waals surface area contributed by atoms with Crippen molar-refractivity contribution >= 4 is 97.5 Å². The van der Waals surface area contributed by atoms with Gasteiger partial charge in [0.1, 0.15) is 11.0 Å². The van der Waals surface area contributed by atoms with Gasteiger partial charge in [0.05, 0.1) is 19.6 Å². The molecule has 2 saturated heterocycles. The van der Waals surface area contributed by atoms with E-state index in [-0.39, 0.29) is 11.6 Å². The Morgan fingerprint density at radius 2 is 1.15 bits per heavy atom. The van der Waals surface area contributed by atoms with E-state index in [0.29, 0.717) is 37.5 Å². The minimum Gasteiger partial charge on any atom is -0.354 e. The Bertz CT molecular complexity index is 2380. The number of fused-ring (bicyclic) bond motifs is 10. The van der Waals surface area contributed by atoms with Gasteiger partial charge in [-0.05, 0) is 47.5 Å². The summed E-state index contributed by atoms with van der Waals surface area (Å²) in [6.45, 7) is 4.34. The molecule has 4 aliphatic rings. The molecule has 0 atom stereocenters. The fourth-order valence-corrected chi connectivity index (χ4v) is 9.30. The molecule has 1 N–H and O–H groups in total. The van der Waals surface area contributed by atoms with Crippen molar-refractivity contribution in [1.82, 2.24) is 15.3 Å². The smallest absolute Gasteiger partial charge is 0.195 e. The average molecular weight is 805 g/mol. The Morgan fingerprint density at radius 1 is 0.660 bits per heavy atom. The first kappa shape index (κ1) is 36.3. The molecule has 6 nitrogen and oxygen atoms in total. The predicted molar refractivity (Wildman–Crippen MR) is 223 cm³/mol. The molecule has 0 bridgehead atoms. The quantitative estimate of drug-likeness (QED) is 0.165. The third-order valence-electron chi connectivity index (χ3n) is 9.32. The summed E-state index contributed by atoms with van der Waals surface area (Å²) in [5.74, 6) is 5.73. The van der Waals surface area contributed by atoms with Crippen LogP contribution in [0.15, 0.2) is 84.9 Å². The van der Waals surface area contributed by atoms with Gasteiger partial charge in [-0.1, -0.05) is 83.3 Å². The van der Waals surface area contributed by atoms with Crippen molar-refractivity contribution in [3.05, 3.63) is 122 Å². The summed E-state index contributed by atoms with van der Waals surface area (Å²) in [6, 6.07) is 26.3. The number of carbonyl (C=O) groups excluding carboxylic acids is 2. The molecular formula is C41H34Cl3FN4O2S2. The number of benzene rings is 4. The van der Waals surface area contributed by atoms with E-state index in [1.54, 1.807) is 18.2 Å². The van der Waals surface area contributed by atoms with E-state index >= 15 is 0 Å². The topological polar surface area (TPSA) is 75.2 Å². The molecule has 4 heterocycles. The standard InChI is InChI=1S/C20H15ClN2OS.C16H7Cl2NO.C4H9NS.CH3F/c21-12-5-6-13-15(11-12)19(24)17-14-3-1-2-4-16(14)22-20(18(13)17)23-7-9-25-10-8-23;17-8-5-6-9-11(7-8)15(20)13-10-3-1-2-4-12(10)19-16(18)14(9)13;1-3-6-4-2-5-1;1-2/h1-6,11H,7-10H2;1-7H;5H,1-4H2;1H3/i;;;1D. The van der Waals surface area contributed by atoms with Gasteiger partial charge in [-0.2, -0.15) is 23.5 Å². The second kappa shape index (κ2) is 16.8. The van der Waals surface area contributed by atoms with Crippen LogP contribution >= 0.6 is 58.3 Å². The van der Waals surface area contributed by atoms with Crippen LogP contribution in [0, 0.1) is 0 Å². The van der Waals surface area contributed by atoms with Crippen LogP contribution in [0.25, 0.3) is 44.1 Å². The second-order valence-corrected chi connectivity index (χ2v) is 16.1. The van der Waals surface area contributed by atoms with E-state index in [1.165, 1.54) is 24.6 Å². The number of thioether (sulfide) groups is 2. The normalized spacial score (nSPS) is 15.5. The molecular weight excluding hydrogens is 770 g/mol. The van der Waals surface area contributed by atoms with Gasteiger partial charge in [-0.25, -0.2) is 9.97 Å². The molecule has 0 unspecified atom stereocenters. The molecule has 270 valence electrons. The maximum Gasteiger partial charge on any atom is 0.195 e. The van der Waals surface area contributed by atoms with Gasteiger partial charge in [0.15, 0.2) is 11.6 Å². The van der Waals surface area contributed by atoms with Crippen LogP contribution in [0.1, 0.15) is 33.2 Å². The average Bonchev–Trinajstić information content (AvgIpc) is 3.67. The Balaban J connectivity index is 0.000000138. The predicted octanol–water partition coefficient (Wildman–Crippen LogP) is 10.3. The Hall–Kier alpha value is -3.70. The molecule has 2 aliphatic carbocycles. The number of rotatable bonds is 1. The zero-order valence-electron chi connectivity index (χ0n) is 29.4. The molecule has 2 fully saturated rings. The summed E-state index contributed by atoms with van der Waals surface area (Å²) in [4.78, 5) is 37.5. The van der Waals surface area contributed by atoms with E-state index in [4.69, 9.17) is 41.2 Å². The van der Waals surface area contributed by atoms with Gasteiger partial charge in [-0.3, -0.25) is 14.0 Å². The summed E-state index contributed by atoms with van der Waals surface area (Å²) >= 11 is 22.4. The number of nitrogens with zero attached hydrogens (tertiary/aromatic N) is 3. The maximum atomic E-state index is 13.2. The molecule has 2 aliphatic heterocycles. The Labute approximate surface area is 332 Å². The maximum absolute atomic E-state index is 13.2. The molecule has 0 radical (unpaired) electrons. The van der Waals surface area contributed by atoms with Crippen molar-refractivity contribution in [2.75, 3.05) is 61.2 Å². The SMILES string of the molecule is C1CSCCN1.O=C1c2cc(Cl)ccc2-c2c(Cl)nc3ccccc3c21.O=C1c2cc(Cl)ccc2-c2c(N3CCSCC3)nc3ccccc3c21.[2H]CF. The summed E-state index contributed by atoms with van der Waals surface area (Å²) in [5.41, 5.74) is 7.72. The van der Waals surface area contributed by atoms with E-state index in [2.05, 4.69) is 15.2 Å². The summed E-state index contributed by atoms with van der Waals surface area (Å²) in [5, 5.41) is 6.49. The highest BCUT2D eigenvalue weighted by Crippen LogP contribution is 2.46. The molecule has 0 saturated carbocycles. The monoisotopic (exact) mass is 803 g/mol. The first-order chi connectivity index (χ1) is 26.3. The lowest BCUT2D eigenvalue weighted by molar-refractivity contribution is 0.103. The van der Waals surface area contributed by atoms with Crippen molar-refractivity contribution in [2.24, 2.45) is 0 Å². The number of hydrogen-bond donors (Lipinski definition) is 1. The lowest BCUT2D eigenvalue weighted by Crippen LogP contribution is -2.33. The van der Waals surface area contributed by atoms with Crippen molar-refractivity contribution in [3.63, 3.8) is 0 Å². The van der Waals surface area contributed by atoms with Crippen LogP contribution in [-0.4, -0.2) is 77.9 Å². The van der Waals surface area contributed by atoms with E-state index in [9.17, 15) is 14.0 Å². The van der Waals surface area contributed by atoms with Gasteiger partial charge in [0.25, 0.3) is 0 Å². The number of para-hydroxylation sites is 2. The molecule has 10 rings (SSSR count). The van der Waals surface area contributed by atoms with E-state index in [0.717, 1.165) is 74.5 Å². The van der Waals surface area contributed by atoms with Gasteiger partial charge >= 0.3 is 0 Å². The molecule has 4 aromatic carbocycles. The summed E-state index contributed by atoms with van der Waals surface area (Å²) in [6.07, 6.45) is 0. The van der Waals surface area contributed by atoms with E-state index < -0.39 is 7.15 Å². The first-order valence-electron chi connectivity index (χ1n) is 17.7. The van der Waals surface area contributed by atoms with E-state index in [1.807, 2.05) is 90.3 Å². The summed E-state index contributed by atoms with van der Waals surface area (Å²) in [7, 11) is -1.00. The zero-order valence-corrected chi connectivity index (χ0v) is 32.3. The van der Waals surface area contributed by atoms with Gasteiger partial charge in [-0.15, -0.1) is 0 Å². The van der Waals surface area contributed by atoms with Crippen LogP contribution in [0.3, 0.4) is 0 Å². The van der Waals surface area contributed by atoms with Crippen LogP contribution in [0.2, 0.25) is 15.2 Å². The highest BCUT2D eigenvalue weighted by molar-refractivity contribution is 7.99. The van der Waals surface area contributed by atoms with Crippen molar-refractivity contribution in [1.29, 1.82) is 0 Å². The number of anilines is 1. The highest BCUT2D eigenvalue weighted by atomic mass is 35.5. The number of aromatic nitrogens is 2. The third kappa shape index (κ3) is 7.40. The van der Waals surface area contributed by atoms with Crippen LogP contribution in [0.4, 0.5) is 10.2 Å². The van der Waals surface area contributed by atoms with Crippen LogP contribution in [0.5, 0.6) is 0 Å². The fourth-order valence-electron chi connectivity index (χ4n) is 6.99. The minimum absolute atomic E-state index is 0.0435. The molecule has 0 amide bonds. The lowest BCUT2D eigenvalue weighted by atomic mass is 10.0. The minimum atomic E-state index is -1.00. The number of ketones is 2. The highest BCUT2D eigenvalue weighted by Gasteiger charge is 2.34. The Kier molecular flexibility index (Phi) is 11.5. The largest absolute Gasteiger partial charge is 0.354 e. The fraction of sp³-hybridized carbons (Fsp3) is 0.220.